The monoisotopic (exact) mass is 269 g/mol. The molecule has 0 unspecified atom stereocenters. The summed E-state index contributed by atoms with van der Waals surface area (Å²) in [6.45, 7) is 0. The van der Waals surface area contributed by atoms with E-state index in [4.69, 9.17) is 5.73 Å². The zero-order chi connectivity index (χ0) is 14.1. The van der Waals surface area contributed by atoms with Crippen molar-refractivity contribution >= 4 is 17.1 Å². The van der Waals surface area contributed by atoms with Crippen molar-refractivity contribution in [2.45, 2.75) is 18.9 Å². The molecule has 2 aromatic carbocycles. The number of hydrogen-bond acceptors (Lipinski definition) is 4. The summed E-state index contributed by atoms with van der Waals surface area (Å²) in [5.74, 6) is 0. The third-order valence-corrected chi connectivity index (χ3v) is 3.57. The van der Waals surface area contributed by atoms with Gasteiger partial charge in [0.1, 0.15) is 0 Å². The largest absolute Gasteiger partial charge is 0.398 e. The topological polar surface area (TPSA) is 81.2 Å². The molecule has 0 spiro atoms. The van der Waals surface area contributed by atoms with Crippen LogP contribution in [0.1, 0.15) is 11.1 Å². The van der Waals surface area contributed by atoms with Gasteiger partial charge in [0.25, 0.3) is 5.69 Å². The minimum absolute atomic E-state index is 0.0167. The number of non-ortho nitro benzene ring substituents is 1. The SMILES string of the molecule is Nc1cc(NC2Cc3ccccc3C2)cc([N+](=O)[O-])c1. The lowest BCUT2D eigenvalue weighted by Gasteiger charge is -2.14. The summed E-state index contributed by atoms with van der Waals surface area (Å²) in [6.07, 6.45) is 1.86. The van der Waals surface area contributed by atoms with E-state index in [1.807, 2.05) is 12.1 Å². The van der Waals surface area contributed by atoms with Crippen molar-refractivity contribution in [3.05, 3.63) is 63.7 Å². The molecule has 1 aliphatic rings. The molecule has 102 valence electrons. The van der Waals surface area contributed by atoms with Gasteiger partial charge in [0.2, 0.25) is 0 Å². The first-order valence-corrected chi connectivity index (χ1v) is 6.50. The minimum Gasteiger partial charge on any atom is -0.398 e. The molecule has 0 aromatic heterocycles. The van der Waals surface area contributed by atoms with Crippen LogP contribution in [-0.2, 0) is 12.8 Å². The second-order valence-corrected chi connectivity index (χ2v) is 5.09. The Morgan fingerprint density at radius 2 is 1.80 bits per heavy atom. The number of nitrogens with two attached hydrogens (primary N) is 1. The second kappa shape index (κ2) is 4.85. The minimum atomic E-state index is -0.426. The molecular weight excluding hydrogens is 254 g/mol. The fraction of sp³-hybridized carbons (Fsp3) is 0.200. The molecule has 0 amide bonds. The van der Waals surface area contributed by atoms with Crippen LogP contribution in [0.5, 0.6) is 0 Å². The van der Waals surface area contributed by atoms with E-state index in [1.54, 1.807) is 6.07 Å². The number of nitro groups is 1. The standard InChI is InChI=1S/C15H15N3O2/c16-12-7-14(9-15(8-12)18(19)20)17-13-5-10-3-1-2-4-11(10)6-13/h1-4,7-9,13,17H,5-6,16H2. The predicted octanol–water partition coefficient (Wildman–Crippen LogP) is 2.76. The fourth-order valence-corrected chi connectivity index (χ4v) is 2.72. The maximum absolute atomic E-state index is 10.8. The van der Waals surface area contributed by atoms with Gasteiger partial charge in [-0.15, -0.1) is 0 Å². The molecular formula is C15H15N3O2. The molecule has 0 bridgehead atoms. The Kier molecular flexibility index (Phi) is 3.02. The molecule has 2 aromatic rings. The number of nitrogen functional groups attached to an aromatic ring is 1. The van der Waals surface area contributed by atoms with E-state index >= 15 is 0 Å². The van der Waals surface area contributed by atoms with Crippen molar-refractivity contribution in [1.82, 2.24) is 0 Å². The average Bonchev–Trinajstić information content (AvgIpc) is 2.79. The molecule has 1 aliphatic carbocycles. The molecule has 0 aliphatic heterocycles. The lowest BCUT2D eigenvalue weighted by molar-refractivity contribution is -0.384. The normalized spacial score (nSPS) is 14.0. The quantitative estimate of drug-likeness (QED) is 0.510. The third kappa shape index (κ3) is 2.42. The van der Waals surface area contributed by atoms with Crippen LogP contribution in [0.25, 0.3) is 0 Å². The number of fused-ring (bicyclic) bond motifs is 1. The summed E-state index contributed by atoms with van der Waals surface area (Å²) in [4.78, 5) is 10.4. The van der Waals surface area contributed by atoms with Crippen molar-refractivity contribution in [3.63, 3.8) is 0 Å². The van der Waals surface area contributed by atoms with Gasteiger partial charge >= 0.3 is 0 Å². The molecule has 3 rings (SSSR count). The van der Waals surface area contributed by atoms with E-state index in [-0.39, 0.29) is 11.7 Å². The van der Waals surface area contributed by atoms with Crippen LogP contribution >= 0.6 is 0 Å². The Morgan fingerprint density at radius 1 is 1.15 bits per heavy atom. The molecule has 3 N–H and O–H groups in total. The van der Waals surface area contributed by atoms with Crippen LogP contribution in [0.3, 0.4) is 0 Å². The Labute approximate surface area is 116 Å². The van der Waals surface area contributed by atoms with Gasteiger partial charge in [-0.25, -0.2) is 0 Å². The van der Waals surface area contributed by atoms with Gasteiger partial charge in [-0.2, -0.15) is 0 Å². The van der Waals surface area contributed by atoms with Crippen LogP contribution in [0.15, 0.2) is 42.5 Å². The number of rotatable bonds is 3. The Bertz CT molecular complexity index is 645. The number of nitro benzene ring substituents is 1. The van der Waals surface area contributed by atoms with Gasteiger partial charge in [-0.05, 0) is 30.0 Å². The summed E-state index contributed by atoms with van der Waals surface area (Å²) in [5, 5.41) is 14.2. The maximum Gasteiger partial charge on any atom is 0.273 e. The molecule has 0 saturated heterocycles. The zero-order valence-corrected chi connectivity index (χ0v) is 10.9. The highest BCUT2D eigenvalue weighted by Crippen LogP contribution is 2.27. The van der Waals surface area contributed by atoms with Crippen LogP contribution in [0.2, 0.25) is 0 Å². The molecule has 0 heterocycles. The second-order valence-electron chi connectivity index (χ2n) is 5.09. The van der Waals surface area contributed by atoms with E-state index in [0.717, 1.165) is 12.8 Å². The van der Waals surface area contributed by atoms with Crippen LogP contribution in [0.4, 0.5) is 17.1 Å². The number of nitrogens with zero attached hydrogens (tertiary/aromatic N) is 1. The van der Waals surface area contributed by atoms with E-state index in [1.165, 1.54) is 23.3 Å². The van der Waals surface area contributed by atoms with Gasteiger partial charge in [0.05, 0.1) is 4.92 Å². The van der Waals surface area contributed by atoms with Crippen molar-refractivity contribution in [2.24, 2.45) is 0 Å². The highest BCUT2D eigenvalue weighted by atomic mass is 16.6. The summed E-state index contributed by atoms with van der Waals surface area (Å²) in [5.41, 5.74) is 9.50. The van der Waals surface area contributed by atoms with E-state index < -0.39 is 4.92 Å². The van der Waals surface area contributed by atoms with Crippen LogP contribution in [0, 0.1) is 10.1 Å². The van der Waals surface area contributed by atoms with Gasteiger partial charge < -0.3 is 11.1 Å². The average molecular weight is 269 g/mol. The van der Waals surface area contributed by atoms with Crippen molar-refractivity contribution < 1.29 is 4.92 Å². The summed E-state index contributed by atoms with van der Waals surface area (Å²) in [6, 6.07) is 13.2. The molecule has 0 atom stereocenters. The number of benzene rings is 2. The van der Waals surface area contributed by atoms with E-state index in [2.05, 4.69) is 17.4 Å². The summed E-state index contributed by atoms with van der Waals surface area (Å²) in [7, 11) is 0. The van der Waals surface area contributed by atoms with E-state index in [0.29, 0.717) is 11.4 Å². The Morgan fingerprint density at radius 3 is 2.40 bits per heavy atom. The molecule has 0 fully saturated rings. The lowest BCUT2D eigenvalue weighted by atomic mass is 10.1. The van der Waals surface area contributed by atoms with Crippen molar-refractivity contribution in [1.29, 1.82) is 0 Å². The Balaban J connectivity index is 1.78. The Hall–Kier alpha value is -2.56. The van der Waals surface area contributed by atoms with Crippen LogP contribution < -0.4 is 11.1 Å². The first-order chi connectivity index (χ1) is 9.61. The predicted molar refractivity (Wildman–Crippen MR) is 78.8 cm³/mol. The summed E-state index contributed by atoms with van der Waals surface area (Å²) >= 11 is 0. The molecule has 20 heavy (non-hydrogen) atoms. The number of nitrogens with one attached hydrogen (secondary N) is 1. The number of hydrogen-bond donors (Lipinski definition) is 2. The van der Waals surface area contributed by atoms with Crippen molar-refractivity contribution in [3.8, 4) is 0 Å². The molecule has 5 heteroatoms. The highest BCUT2D eigenvalue weighted by Gasteiger charge is 2.21. The lowest BCUT2D eigenvalue weighted by Crippen LogP contribution is -2.19. The van der Waals surface area contributed by atoms with Gasteiger partial charge in [0.15, 0.2) is 0 Å². The fourth-order valence-electron chi connectivity index (χ4n) is 2.72. The van der Waals surface area contributed by atoms with Crippen molar-refractivity contribution in [2.75, 3.05) is 11.1 Å². The maximum atomic E-state index is 10.8. The van der Waals surface area contributed by atoms with Gasteiger partial charge in [0, 0.05) is 29.5 Å². The zero-order valence-electron chi connectivity index (χ0n) is 10.9. The van der Waals surface area contributed by atoms with E-state index in [9.17, 15) is 10.1 Å². The van der Waals surface area contributed by atoms with Gasteiger partial charge in [-0.3, -0.25) is 10.1 Å². The van der Waals surface area contributed by atoms with Crippen LogP contribution in [-0.4, -0.2) is 11.0 Å². The van der Waals surface area contributed by atoms with Gasteiger partial charge in [-0.1, -0.05) is 24.3 Å². The number of anilines is 2. The third-order valence-electron chi connectivity index (χ3n) is 3.57. The smallest absolute Gasteiger partial charge is 0.273 e. The first kappa shape index (κ1) is 12.5. The first-order valence-electron chi connectivity index (χ1n) is 6.50. The molecule has 0 radical (unpaired) electrons. The summed E-state index contributed by atoms with van der Waals surface area (Å²) < 4.78 is 0. The highest BCUT2D eigenvalue weighted by molar-refractivity contribution is 5.62. The molecule has 5 nitrogen and oxygen atoms in total. The molecule has 0 saturated carbocycles.